The van der Waals surface area contributed by atoms with Gasteiger partial charge < -0.3 is 19.7 Å². The van der Waals surface area contributed by atoms with Crippen molar-refractivity contribution in [3.8, 4) is 5.75 Å². The van der Waals surface area contributed by atoms with Gasteiger partial charge in [0.15, 0.2) is 6.10 Å². The van der Waals surface area contributed by atoms with Crippen LogP contribution < -0.4 is 10.1 Å². The molecule has 2 atom stereocenters. The van der Waals surface area contributed by atoms with Gasteiger partial charge in [0.25, 0.3) is 5.91 Å². The van der Waals surface area contributed by atoms with Gasteiger partial charge in [-0.15, -0.1) is 0 Å². The van der Waals surface area contributed by atoms with Gasteiger partial charge in [0.05, 0.1) is 12.6 Å². The second-order valence-electron chi connectivity index (χ2n) is 10.4. The number of hydrogen-bond acceptors (Lipinski definition) is 3. The third-order valence-corrected chi connectivity index (χ3v) is 7.34. The van der Waals surface area contributed by atoms with E-state index in [0.717, 1.165) is 27.7 Å². The Balaban J connectivity index is 1.56. The SMILES string of the molecule is Cc1c(C)n(Cc2ccc(OC(C)C(=O)O)cc2F)c2ccc(C(=O)NC(C)c3cccc(C(C)C)c3)cc12. The van der Waals surface area contributed by atoms with Crippen LogP contribution in [0.4, 0.5) is 4.39 Å². The molecule has 2 unspecified atom stereocenters. The highest BCUT2D eigenvalue weighted by molar-refractivity contribution is 5.99. The molecule has 4 rings (SSSR count). The van der Waals surface area contributed by atoms with Gasteiger partial charge in [-0.1, -0.05) is 44.2 Å². The summed E-state index contributed by atoms with van der Waals surface area (Å²) in [5.41, 5.74) is 6.20. The topological polar surface area (TPSA) is 80.6 Å². The smallest absolute Gasteiger partial charge is 0.344 e. The molecular formula is C32H35FN2O4. The molecule has 39 heavy (non-hydrogen) atoms. The molecule has 0 aliphatic rings. The quantitative estimate of drug-likeness (QED) is 0.246. The first-order valence-corrected chi connectivity index (χ1v) is 13.1. The van der Waals surface area contributed by atoms with Crippen molar-refractivity contribution in [2.24, 2.45) is 0 Å². The van der Waals surface area contributed by atoms with E-state index in [4.69, 9.17) is 9.84 Å². The van der Waals surface area contributed by atoms with Crippen LogP contribution >= 0.6 is 0 Å². The first kappa shape index (κ1) is 27.9. The van der Waals surface area contributed by atoms with Crippen LogP contribution in [0.5, 0.6) is 5.75 Å². The molecule has 0 saturated carbocycles. The summed E-state index contributed by atoms with van der Waals surface area (Å²) in [5.74, 6) is -1.17. The van der Waals surface area contributed by atoms with Crippen molar-refractivity contribution in [3.05, 3.63) is 100.0 Å². The van der Waals surface area contributed by atoms with Gasteiger partial charge in [-0.25, -0.2) is 9.18 Å². The summed E-state index contributed by atoms with van der Waals surface area (Å²) in [7, 11) is 0. The molecule has 0 radical (unpaired) electrons. The standard InChI is InChI=1S/C32H35FN2O4/c1-18(2)23-8-7-9-24(14-23)20(4)34-31(36)25-11-13-30-28(15-25)19(3)21(5)35(30)17-26-10-12-27(16-29(26)33)39-22(6)32(37)38/h7-16,18,20,22H,17H2,1-6H3,(H,34,36)(H,37,38). The van der Waals surface area contributed by atoms with E-state index in [9.17, 15) is 14.0 Å². The van der Waals surface area contributed by atoms with Crippen molar-refractivity contribution in [2.75, 3.05) is 0 Å². The molecule has 4 aromatic rings. The Labute approximate surface area is 228 Å². The zero-order valence-electron chi connectivity index (χ0n) is 23.2. The molecule has 6 nitrogen and oxygen atoms in total. The second kappa shape index (κ2) is 11.3. The van der Waals surface area contributed by atoms with Crippen LogP contribution in [0.25, 0.3) is 10.9 Å². The first-order valence-electron chi connectivity index (χ1n) is 13.1. The number of ether oxygens (including phenoxy) is 1. The minimum absolute atomic E-state index is 0.146. The summed E-state index contributed by atoms with van der Waals surface area (Å²) in [6, 6.07) is 18.1. The lowest BCUT2D eigenvalue weighted by molar-refractivity contribution is -0.144. The van der Waals surface area contributed by atoms with Crippen LogP contribution in [0.1, 0.15) is 78.0 Å². The monoisotopic (exact) mass is 530 g/mol. The predicted octanol–water partition coefficient (Wildman–Crippen LogP) is 6.91. The van der Waals surface area contributed by atoms with Gasteiger partial charge in [0.2, 0.25) is 0 Å². The Kier molecular flexibility index (Phi) is 8.09. The molecular weight excluding hydrogens is 495 g/mol. The average molecular weight is 531 g/mol. The van der Waals surface area contributed by atoms with E-state index in [1.54, 1.807) is 18.2 Å². The normalized spacial score (nSPS) is 12.9. The zero-order chi connectivity index (χ0) is 28.4. The third kappa shape index (κ3) is 5.98. The van der Waals surface area contributed by atoms with Crippen molar-refractivity contribution >= 4 is 22.8 Å². The molecule has 0 fully saturated rings. The van der Waals surface area contributed by atoms with E-state index in [-0.39, 0.29) is 24.2 Å². The van der Waals surface area contributed by atoms with E-state index in [2.05, 4.69) is 31.3 Å². The lowest BCUT2D eigenvalue weighted by Gasteiger charge is -2.16. The second-order valence-corrected chi connectivity index (χ2v) is 10.4. The molecule has 1 aromatic heterocycles. The Morgan fingerprint density at radius 2 is 1.69 bits per heavy atom. The molecule has 0 spiro atoms. The van der Waals surface area contributed by atoms with Gasteiger partial charge in [0.1, 0.15) is 11.6 Å². The van der Waals surface area contributed by atoms with E-state index < -0.39 is 17.9 Å². The number of halogens is 1. The minimum atomic E-state index is -1.12. The summed E-state index contributed by atoms with van der Waals surface area (Å²) < 4.78 is 22.2. The Morgan fingerprint density at radius 1 is 0.974 bits per heavy atom. The fourth-order valence-corrected chi connectivity index (χ4v) is 4.70. The number of carboxylic acids is 1. The minimum Gasteiger partial charge on any atom is -0.479 e. The number of carbonyl (C=O) groups excluding carboxylic acids is 1. The number of hydrogen-bond donors (Lipinski definition) is 2. The number of aliphatic carboxylic acids is 1. The first-order chi connectivity index (χ1) is 18.5. The lowest BCUT2D eigenvalue weighted by atomic mass is 9.98. The molecule has 2 N–H and O–H groups in total. The van der Waals surface area contributed by atoms with E-state index in [1.807, 2.05) is 49.6 Å². The molecule has 0 bridgehead atoms. The number of aromatic nitrogens is 1. The summed E-state index contributed by atoms with van der Waals surface area (Å²) in [5, 5.41) is 13.1. The number of rotatable bonds is 9. The number of fused-ring (bicyclic) bond motifs is 1. The highest BCUT2D eigenvalue weighted by atomic mass is 19.1. The number of nitrogens with one attached hydrogen (secondary N) is 1. The fraction of sp³-hybridized carbons (Fsp3) is 0.312. The molecule has 1 amide bonds. The van der Waals surface area contributed by atoms with Crippen LogP contribution in [-0.2, 0) is 11.3 Å². The summed E-state index contributed by atoms with van der Waals surface area (Å²) in [6.07, 6.45) is -1.08. The highest BCUT2D eigenvalue weighted by Gasteiger charge is 2.18. The molecule has 0 aliphatic heterocycles. The molecule has 0 aliphatic carbocycles. The van der Waals surface area contributed by atoms with Crippen molar-refractivity contribution < 1.29 is 23.8 Å². The fourth-order valence-electron chi connectivity index (χ4n) is 4.70. The number of carboxylic acid groups (broad SMARTS) is 1. The van der Waals surface area contributed by atoms with Crippen LogP contribution in [0.3, 0.4) is 0 Å². The maximum absolute atomic E-state index is 14.9. The third-order valence-electron chi connectivity index (χ3n) is 7.34. The molecule has 204 valence electrons. The number of carbonyl (C=O) groups is 2. The summed E-state index contributed by atoms with van der Waals surface area (Å²) in [4.78, 5) is 24.2. The highest BCUT2D eigenvalue weighted by Crippen LogP contribution is 2.29. The molecule has 7 heteroatoms. The molecule has 1 heterocycles. The summed E-state index contributed by atoms with van der Waals surface area (Å²) in [6.45, 7) is 11.9. The zero-order valence-corrected chi connectivity index (χ0v) is 23.2. The van der Waals surface area contributed by atoms with E-state index in [1.165, 1.54) is 18.6 Å². The molecule has 0 saturated heterocycles. The lowest BCUT2D eigenvalue weighted by Crippen LogP contribution is -2.26. The van der Waals surface area contributed by atoms with Crippen molar-refractivity contribution in [1.82, 2.24) is 9.88 Å². The van der Waals surface area contributed by atoms with Gasteiger partial charge in [-0.3, -0.25) is 4.79 Å². The molecule has 3 aromatic carbocycles. The van der Waals surface area contributed by atoms with Gasteiger partial charge >= 0.3 is 5.97 Å². The van der Waals surface area contributed by atoms with E-state index in [0.29, 0.717) is 17.0 Å². The van der Waals surface area contributed by atoms with Crippen LogP contribution in [0.2, 0.25) is 0 Å². The predicted molar refractivity (Wildman–Crippen MR) is 151 cm³/mol. The van der Waals surface area contributed by atoms with Crippen LogP contribution in [-0.4, -0.2) is 27.7 Å². The number of nitrogens with zero attached hydrogens (tertiary/aromatic N) is 1. The van der Waals surface area contributed by atoms with Gasteiger partial charge in [-0.2, -0.15) is 0 Å². The largest absolute Gasteiger partial charge is 0.479 e. The van der Waals surface area contributed by atoms with Gasteiger partial charge in [-0.05, 0) is 74.6 Å². The Morgan fingerprint density at radius 3 is 2.36 bits per heavy atom. The van der Waals surface area contributed by atoms with Gasteiger partial charge in [0, 0.05) is 33.8 Å². The van der Waals surface area contributed by atoms with Crippen LogP contribution in [0, 0.1) is 19.7 Å². The Bertz CT molecular complexity index is 1540. The van der Waals surface area contributed by atoms with Crippen LogP contribution in [0.15, 0.2) is 60.7 Å². The van der Waals surface area contributed by atoms with Crippen molar-refractivity contribution in [2.45, 2.75) is 66.2 Å². The van der Waals surface area contributed by atoms with Crippen molar-refractivity contribution in [1.29, 1.82) is 0 Å². The number of aryl methyl sites for hydroxylation is 1. The van der Waals surface area contributed by atoms with Crippen molar-refractivity contribution in [3.63, 3.8) is 0 Å². The maximum atomic E-state index is 14.9. The number of benzene rings is 3. The number of amides is 1. The maximum Gasteiger partial charge on any atom is 0.344 e. The summed E-state index contributed by atoms with van der Waals surface area (Å²) >= 11 is 0. The average Bonchev–Trinajstić information content (AvgIpc) is 3.14. The Hall–Kier alpha value is -4.13. The van der Waals surface area contributed by atoms with E-state index >= 15 is 0 Å².